The summed E-state index contributed by atoms with van der Waals surface area (Å²) in [5.41, 5.74) is 3.53. The van der Waals surface area contributed by atoms with Crippen molar-refractivity contribution in [1.82, 2.24) is 9.97 Å². The molecule has 0 bridgehead atoms. The van der Waals surface area contributed by atoms with Gasteiger partial charge in [-0.3, -0.25) is 0 Å². The highest BCUT2D eigenvalue weighted by Gasteiger charge is 2.07. The van der Waals surface area contributed by atoms with E-state index in [2.05, 4.69) is 9.97 Å². The van der Waals surface area contributed by atoms with Gasteiger partial charge in [0.2, 0.25) is 0 Å². The van der Waals surface area contributed by atoms with E-state index in [1.54, 1.807) is 6.20 Å². The van der Waals surface area contributed by atoms with Crippen LogP contribution >= 0.6 is 0 Å². The van der Waals surface area contributed by atoms with E-state index < -0.39 is 0 Å². The number of hydrogen-bond acceptors (Lipinski definition) is 3. The van der Waals surface area contributed by atoms with Gasteiger partial charge in [0.1, 0.15) is 0 Å². The Kier molecular flexibility index (Phi) is 1.75. The van der Waals surface area contributed by atoms with Crippen molar-refractivity contribution in [2.75, 3.05) is 0 Å². The summed E-state index contributed by atoms with van der Waals surface area (Å²) >= 11 is 0. The number of oxazole rings is 1. The molecule has 0 radical (unpaired) electrons. The van der Waals surface area contributed by atoms with Crippen molar-refractivity contribution in [3.8, 4) is 11.1 Å². The summed E-state index contributed by atoms with van der Waals surface area (Å²) in [6, 6.07) is 12.0. The van der Waals surface area contributed by atoms with Gasteiger partial charge in [-0.2, -0.15) is 4.98 Å². The van der Waals surface area contributed by atoms with Crippen LogP contribution in [0, 0.1) is 0 Å². The maximum atomic E-state index is 5.33. The normalized spacial score (nSPS) is 10.7. The van der Waals surface area contributed by atoms with E-state index in [1.165, 1.54) is 6.39 Å². The summed E-state index contributed by atoms with van der Waals surface area (Å²) < 4.78 is 5.33. The second-order valence-electron chi connectivity index (χ2n) is 3.23. The highest BCUT2D eigenvalue weighted by atomic mass is 16.3. The first kappa shape index (κ1) is 8.17. The number of hydrogen-bond donors (Lipinski definition) is 0. The molecule has 2 heterocycles. The van der Waals surface area contributed by atoms with Crippen LogP contribution in [0.1, 0.15) is 0 Å². The molecule has 0 fully saturated rings. The lowest BCUT2D eigenvalue weighted by molar-refractivity contribution is 0.603. The molecular formula is C12H8N2O. The van der Waals surface area contributed by atoms with Crippen molar-refractivity contribution in [1.29, 1.82) is 0 Å². The number of rotatable bonds is 1. The first-order chi connectivity index (χ1) is 7.45. The molecular weight excluding hydrogens is 188 g/mol. The van der Waals surface area contributed by atoms with Crippen LogP contribution < -0.4 is 0 Å². The third-order valence-electron chi connectivity index (χ3n) is 2.32. The summed E-state index contributed by atoms with van der Waals surface area (Å²) in [4.78, 5) is 8.15. The van der Waals surface area contributed by atoms with Gasteiger partial charge >= 0.3 is 0 Å². The number of benzene rings is 1. The molecule has 0 unspecified atom stereocenters. The summed E-state index contributed by atoms with van der Waals surface area (Å²) in [6.07, 6.45) is 3.16. The van der Waals surface area contributed by atoms with Crippen LogP contribution in [0.15, 0.2) is 53.4 Å². The zero-order valence-corrected chi connectivity index (χ0v) is 7.92. The minimum Gasteiger partial charge on any atom is -0.441 e. The SMILES string of the molecule is c1ccc(-c2ccnc3ncoc23)cc1. The van der Waals surface area contributed by atoms with E-state index in [9.17, 15) is 0 Å². The van der Waals surface area contributed by atoms with Gasteiger partial charge in [0.25, 0.3) is 0 Å². The molecule has 0 aliphatic rings. The molecule has 72 valence electrons. The molecule has 3 heteroatoms. The predicted octanol–water partition coefficient (Wildman–Crippen LogP) is 2.89. The maximum absolute atomic E-state index is 5.33. The minimum atomic E-state index is 0.649. The quantitative estimate of drug-likeness (QED) is 0.600. The van der Waals surface area contributed by atoms with Crippen molar-refractivity contribution in [2.45, 2.75) is 0 Å². The zero-order valence-electron chi connectivity index (χ0n) is 7.92. The molecule has 3 nitrogen and oxygen atoms in total. The average Bonchev–Trinajstić information content (AvgIpc) is 2.78. The topological polar surface area (TPSA) is 38.9 Å². The van der Waals surface area contributed by atoms with Crippen molar-refractivity contribution in [2.24, 2.45) is 0 Å². The van der Waals surface area contributed by atoms with Gasteiger partial charge in [0.15, 0.2) is 17.6 Å². The third kappa shape index (κ3) is 1.29. The molecule has 0 spiro atoms. The molecule has 3 aromatic rings. The van der Waals surface area contributed by atoms with Gasteiger partial charge in [0.05, 0.1) is 0 Å². The smallest absolute Gasteiger partial charge is 0.199 e. The van der Waals surface area contributed by atoms with E-state index in [1.807, 2.05) is 36.4 Å². The molecule has 0 N–H and O–H groups in total. The lowest BCUT2D eigenvalue weighted by Crippen LogP contribution is -1.81. The first-order valence-electron chi connectivity index (χ1n) is 4.69. The monoisotopic (exact) mass is 196 g/mol. The van der Waals surface area contributed by atoms with Crippen LogP contribution in [0.4, 0.5) is 0 Å². The summed E-state index contributed by atoms with van der Waals surface area (Å²) in [7, 11) is 0. The van der Waals surface area contributed by atoms with Crippen LogP contribution in [0.25, 0.3) is 22.4 Å². The fraction of sp³-hybridized carbons (Fsp3) is 0. The van der Waals surface area contributed by atoms with Crippen molar-refractivity contribution in [3.05, 3.63) is 49.0 Å². The second kappa shape index (κ2) is 3.20. The lowest BCUT2D eigenvalue weighted by Gasteiger charge is -2.00. The fourth-order valence-electron chi connectivity index (χ4n) is 1.62. The Labute approximate surface area is 86.4 Å². The summed E-state index contributed by atoms with van der Waals surface area (Å²) in [5, 5.41) is 0. The molecule has 0 saturated heterocycles. The molecule has 1 aromatic carbocycles. The van der Waals surface area contributed by atoms with Gasteiger partial charge in [-0.15, -0.1) is 0 Å². The molecule has 0 amide bonds. The van der Waals surface area contributed by atoms with E-state index >= 15 is 0 Å². The van der Waals surface area contributed by atoms with E-state index in [0.717, 1.165) is 16.7 Å². The Morgan fingerprint density at radius 1 is 0.933 bits per heavy atom. The average molecular weight is 196 g/mol. The van der Waals surface area contributed by atoms with Crippen molar-refractivity contribution < 1.29 is 4.42 Å². The third-order valence-corrected chi connectivity index (χ3v) is 2.32. The van der Waals surface area contributed by atoms with Crippen LogP contribution in [0.3, 0.4) is 0 Å². The van der Waals surface area contributed by atoms with Gasteiger partial charge < -0.3 is 4.42 Å². The summed E-state index contributed by atoms with van der Waals surface area (Å²) in [6.45, 7) is 0. The van der Waals surface area contributed by atoms with Crippen LogP contribution in [-0.4, -0.2) is 9.97 Å². The second-order valence-corrected chi connectivity index (χ2v) is 3.23. The fourth-order valence-corrected chi connectivity index (χ4v) is 1.62. The van der Waals surface area contributed by atoms with E-state index in [0.29, 0.717) is 5.65 Å². The van der Waals surface area contributed by atoms with E-state index in [4.69, 9.17) is 4.42 Å². The summed E-state index contributed by atoms with van der Waals surface area (Å²) in [5.74, 6) is 0. The van der Waals surface area contributed by atoms with Gasteiger partial charge in [-0.1, -0.05) is 30.3 Å². The molecule has 0 saturated carbocycles. The number of pyridine rings is 1. The van der Waals surface area contributed by atoms with Crippen molar-refractivity contribution >= 4 is 11.2 Å². The maximum Gasteiger partial charge on any atom is 0.199 e. The largest absolute Gasteiger partial charge is 0.441 e. The molecule has 0 aliphatic carbocycles. The zero-order chi connectivity index (χ0) is 10.1. The molecule has 0 aliphatic heterocycles. The number of fused-ring (bicyclic) bond motifs is 1. The van der Waals surface area contributed by atoms with Crippen LogP contribution in [-0.2, 0) is 0 Å². The molecule has 15 heavy (non-hydrogen) atoms. The van der Waals surface area contributed by atoms with Gasteiger partial charge in [-0.25, -0.2) is 4.98 Å². The van der Waals surface area contributed by atoms with Gasteiger partial charge in [0, 0.05) is 11.8 Å². The van der Waals surface area contributed by atoms with Crippen LogP contribution in [0.2, 0.25) is 0 Å². The van der Waals surface area contributed by atoms with Crippen LogP contribution in [0.5, 0.6) is 0 Å². The van der Waals surface area contributed by atoms with E-state index in [-0.39, 0.29) is 0 Å². The highest BCUT2D eigenvalue weighted by Crippen LogP contribution is 2.26. The van der Waals surface area contributed by atoms with Gasteiger partial charge in [-0.05, 0) is 11.6 Å². The van der Waals surface area contributed by atoms with Crippen molar-refractivity contribution in [3.63, 3.8) is 0 Å². The molecule has 3 rings (SSSR count). The Hall–Kier alpha value is -2.16. The minimum absolute atomic E-state index is 0.649. The first-order valence-corrected chi connectivity index (χ1v) is 4.69. The highest BCUT2D eigenvalue weighted by molar-refractivity contribution is 5.87. The number of aromatic nitrogens is 2. The Morgan fingerprint density at radius 2 is 1.80 bits per heavy atom. The molecule has 0 atom stereocenters. The number of nitrogens with zero attached hydrogens (tertiary/aromatic N) is 2. The Morgan fingerprint density at radius 3 is 2.67 bits per heavy atom. The Bertz CT molecular complexity index is 587. The Balaban J connectivity index is 2.31. The molecule has 2 aromatic heterocycles. The standard InChI is InChI=1S/C12H8N2O/c1-2-4-9(5-3-1)10-6-7-13-12-11(10)15-8-14-12/h1-8H. The predicted molar refractivity (Wildman–Crippen MR) is 57.2 cm³/mol. The lowest BCUT2D eigenvalue weighted by atomic mass is 10.1.